The normalized spacial score (nSPS) is 11.6. The van der Waals surface area contributed by atoms with Crippen molar-refractivity contribution in [2.75, 3.05) is 20.6 Å². The average Bonchev–Trinajstić information content (AvgIpc) is 2.45. The molecule has 2 N–H and O–H groups in total. The van der Waals surface area contributed by atoms with E-state index in [1.54, 1.807) is 0 Å². The van der Waals surface area contributed by atoms with Gasteiger partial charge in [0.2, 0.25) is 0 Å². The lowest BCUT2D eigenvalue weighted by molar-refractivity contribution is -0.134. The Morgan fingerprint density at radius 1 is 1.05 bits per heavy atom. The van der Waals surface area contributed by atoms with E-state index in [4.69, 9.17) is 10.2 Å². The molecular formula is C16H21NO5. The lowest BCUT2D eigenvalue weighted by atomic mass is 9.99. The van der Waals surface area contributed by atoms with Crippen molar-refractivity contribution in [3.63, 3.8) is 0 Å². The van der Waals surface area contributed by atoms with E-state index in [1.165, 1.54) is 0 Å². The third-order valence-corrected chi connectivity index (χ3v) is 2.51. The smallest absolute Gasteiger partial charge is 0.328 e. The van der Waals surface area contributed by atoms with E-state index in [-0.39, 0.29) is 11.7 Å². The summed E-state index contributed by atoms with van der Waals surface area (Å²) in [6.07, 6.45) is 1.12. The summed E-state index contributed by atoms with van der Waals surface area (Å²) in [6.45, 7) is 2.77. The van der Waals surface area contributed by atoms with Gasteiger partial charge in [0.1, 0.15) is 0 Å². The summed E-state index contributed by atoms with van der Waals surface area (Å²) in [5.74, 6) is -2.23. The van der Waals surface area contributed by atoms with Crippen LogP contribution in [0.25, 0.3) is 0 Å². The predicted molar refractivity (Wildman–Crippen MR) is 82.9 cm³/mol. The Morgan fingerprint density at radius 3 is 1.86 bits per heavy atom. The van der Waals surface area contributed by atoms with Crippen LogP contribution in [-0.4, -0.2) is 53.5 Å². The Labute approximate surface area is 129 Å². The molecule has 0 spiro atoms. The minimum atomic E-state index is -1.26. The van der Waals surface area contributed by atoms with Gasteiger partial charge in [-0.15, -0.1) is 0 Å². The van der Waals surface area contributed by atoms with Crippen molar-refractivity contribution in [3.05, 3.63) is 48.0 Å². The van der Waals surface area contributed by atoms with Gasteiger partial charge < -0.3 is 15.1 Å². The molecule has 1 aromatic rings. The van der Waals surface area contributed by atoms with E-state index < -0.39 is 11.9 Å². The van der Waals surface area contributed by atoms with Crippen molar-refractivity contribution in [3.8, 4) is 0 Å². The molecule has 0 saturated heterocycles. The number of carboxylic acid groups (broad SMARTS) is 2. The monoisotopic (exact) mass is 307 g/mol. The summed E-state index contributed by atoms with van der Waals surface area (Å²) in [7, 11) is 3.96. The average molecular weight is 307 g/mol. The number of Topliss-reactive ketones (excluding diaryl/α,β-unsaturated/α-hetero) is 1. The molecule has 0 aliphatic carbocycles. The Hall–Kier alpha value is -2.47. The Balaban J connectivity index is 0.000000472. The topological polar surface area (TPSA) is 94.9 Å². The first-order chi connectivity index (χ1) is 10.2. The molecule has 1 rings (SSSR count). The fraction of sp³-hybridized carbons (Fsp3) is 0.312. The Kier molecular flexibility index (Phi) is 9.13. The number of ketones is 1. The molecule has 0 aliphatic rings. The van der Waals surface area contributed by atoms with Gasteiger partial charge in [-0.2, -0.15) is 0 Å². The molecule has 0 bridgehead atoms. The molecule has 0 amide bonds. The number of aliphatic carboxylic acids is 2. The first-order valence-electron chi connectivity index (χ1n) is 6.62. The third kappa shape index (κ3) is 9.44. The SMILES string of the molecule is CC(CN(C)C)C(=O)c1ccccc1.O=C(O)/C=C\C(=O)O. The van der Waals surface area contributed by atoms with E-state index in [0.717, 1.165) is 12.1 Å². The molecule has 0 aliphatic heterocycles. The zero-order chi connectivity index (χ0) is 17.1. The van der Waals surface area contributed by atoms with Gasteiger partial charge in [-0.25, -0.2) is 9.59 Å². The molecular weight excluding hydrogens is 286 g/mol. The maximum Gasteiger partial charge on any atom is 0.328 e. The maximum absolute atomic E-state index is 11.9. The zero-order valence-corrected chi connectivity index (χ0v) is 12.9. The van der Waals surface area contributed by atoms with Crippen LogP contribution in [0.5, 0.6) is 0 Å². The number of benzene rings is 1. The molecule has 120 valence electrons. The van der Waals surface area contributed by atoms with Gasteiger partial charge in [0.05, 0.1) is 0 Å². The standard InChI is InChI=1S/C12H17NO.C4H4O4/c1-10(9-13(2)3)12(14)11-7-5-4-6-8-11;5-3(6)1-2-4(7)8/h4-8,10H,9H2,1-3H3;1-2H,(H,5,6)(H,7,8)/b;2-1-. The largest absolute Gasteiger partial charge is 0.478 e. The van der Waals surface area contributed by atoms with Crippen molar-refractivity contribution >= 4 is 17.7 Å². The van der Waals surface area contributed by atoms with Crippen LogP contribution < -0.4 is 0 Å². The highest BCUT2D eigenvalue weighted by Crippen LogP contribution is 2.08. The number of hydrogen-bond donors (Lipinski definition) is 2. The fourth-order valence-corrected chi connectivity index (χ4v) is 1.66. The van der Waals surface area contributed by atoms with Gasteiger partial charge in [-0.3, -0.25) is 4.79 Å². The molecule has 0 heterocycles. The van der Waals surface area contributed by atoms with E-state index in [9.17, 15) is 14.4 Å². The number of rotatable bonds is 6. The van der Waals surface area contributed by atoms with E-state index >= 15 is 0 Å². The molecule has 1 unspecified atom stereocenters. The summed E-state index contributed by atoms with van der Waals surface area (Å²) < 4.78 is 0. The second-order valence-corrected chi connectivity index (χ2v) is 4.90. The molecule has 0 radical (unpaired) electrons. The van der Waals surface area contributed by atoms with Crippen LogP contribution in [0, 0.1) is 5.92 Å². The van der Waals surface area contributed by atoms with Crippen LogP contribution in [0.4, 0.5) is 0 Å². The van der Waals surface area contributed by atoms with Gasteiger partial charge in [0, 0.05) is 30.2 Å². The van der Waals surface area contributed by atoms with Gasteiger partial charge in [-0.1, -0.05) is 37.3 Å². The van der Waals surface area contributed by atoms with Crippen LogP contribution in [0.15, 0.2) is 42.5 Å². The van der Waals surface area contributed by atoms with E-state index in [1.807, 2.05) is 56.3 Å². The van der Waals surface area contributed by atoms with Gasteiger partial charge >= 0.3 is 11.9 Å². The fourth-order valence-electron chi connectivity index (χ4n) is 1.66. The second kappa shape index (κ2) is 10.3. The molecule has 0 saturated carbocycles. The molecule has 6 nitrogen and oxygen atoms in total. The number of nitrogens with zero attached hydrogens (tertiary/aromatic N) is 1. The molecule has 1 aromatic carbocycles. The molecule has 1 atom stereocenters. The van der Waals surface area contributed by atoms with Gasteiger partial charge in [0.15, 0.2) is 5.78 Å². The highest BCUT2D eigenvalue weighted by atomic mass is 16.4. The van der Waals surface area contributed by atoms with E-state index in [0.29, 0.717) is 12.2 Å². The van der Waals surface area contributed by atoms with Crippen molar-refractivity contribution in [2.24, 2.45) is 5.92 Å². The summed E-state index contributed by atoms with van der Waals surface area (Å²) >= 11 is 0. The van der Waals surface area contributed by atoms with Gasteiger partial charge in [0.25, 0.3) is 0 Å². The maximum atomic E-state index is 11.9. The number of hydrogen-bond acceptors (Lipinski definition) is 4. The number of carbonyl (C=O) groups excluding carboxylic acids is 1. The van der Waals surface area contributed by atoms with Crippen LogP contribution >= 0.6 is 0 Å². The van der Waals surface area contributed by atoms with Crippen LogP contribution in [-0.2, 0) is 9.59 Å². The lowest BCUT2D eigenvalue weighted by Crippen LogP contribution is -2.25. The molecule has 22 heavy (non-hydrogen) atoms. The minimum Gasteiger partial charge on any atom is -0.478 e. The minimum absolute atomic E-state index is 0.0624. The van der Waals surface area contributed by atoms with Crippen LogP contribution in [0.3, 0.4) is 0 Å². The predicted octanol–water partition coefficient (Wildman–Crippen LogP) is 1.78. The van der Waals surface area contributed by atoms with Crippen LogP contribution in [0.2, 0.25) is 0 Å². The highest BCUT2D eigenvalue weighted by molar-refractivity contribution is 5.97. The highest BCUT2D eigenvalue weighted by Gasteiger charge is 2.14. The van der Waals surface area contributed by atoms with Crippen molar-refractivity contribution < 1.29 is 24.6 Å². The van der Waals surface area contributed by atoms with Crippen molar-refractivity contribution in [1.82, 2.24) is 4.90 Å². The zero-order valence-electron chi connectivity index (χ0n) is 12.9. The second-order valence-electron chi connectivity index (χ2n) is 4.90. The summed E-state index contributed by atoms with van der Waals surface area (Å²) in [5, 5.41) is 15.6. The van der Waals surface area contributed by atoms with E-state index in [2.05, 4.69) is 0 Å². The summed E-state index contributed by atoms with van der Waals surface area (Å²) in [4.78, 5) is 33.0. The molecule has 0 fully saturated rings. The molecule has 0 aromatic heterocycles. The quantitative estimate of drug-likeness (QED) is 0.614. The third-order valence-electron chi connectivity index (χ3n) is 2.51. The lowest BCUT2D eigenvalue weighted by Gasteiger charge is -2.15. The van der Waals surface area contributed by atoms with Crippen molar-refractivity contribution in [1.29, 1.82) is 0 Å². The first-order valence-corrected chi connectivity index (χ1v) is 6.62. The van der Waals surface area contributed by atoms with Crippen molar-refractivity contribution in [2.45, 2.75) is 6.92 Å². The Morgan fingerprint density at radius 2 is 1.50 bits per heavy atom. The van der Waals surface area contributed by atoms with Crippen LogP contribution in [0.1, 0.15) is 17.3 Å². The summed E-state index contributed by atoms with van der Waals surface area (Å²) in [5.41, 5.74) is 0.807. The summed E-state index contributed by atoms with van der Waals surface area (Å²) in [6, 6.07) is 9.46. The Bertz CT molecular complexity index is 507. The first kappa shape index (κ1) is 19.5. The molecule has 6 heteroatoms. The van der Waals surface area contributed by atoms with Gasteiger partial charge in [-0.05, 0) is 14.1 Å². The number of carbonyl (C=O) groups is 3. The number of carboxylic acids is 2.